The van der Waals surface area contributed by atoms with E-state index in [0.717, 1.165) is 18.9 Å². The van der Waals surface area contributed by atoms with Gasteiger partial charge in [-0.25, -0.2) is 4.98 Å². The van der Waals surface area contributed by atoms with Crippen LogP contribution in [-0.2, 0) is 4.74 Å². The van der Waals surface area contributed by atoms with Gasteiger partial charge in [0.25, 0.3) is 0 Å². The fourth-order valence-electron chi connectivity index (χ4n) is 1.81. The number of hydrogen-bond donors (Lipinski definition) is 2. The molecule has 1 aliphatic heterocycles. The van der Waals surface area contributed by atoms with Crippen LogP contribution >= 0.6 is 0 Å². The van der Waals surface area contributed by atoms with E-state index < -0.39 is 0 Å². The van der Waals surface area contributed by atoms with Gasteiger partial charge in [-0.15, -0.1) is 0 Å². The molecule has 0 bridgehead atoms. The van der Waals surface area contributed by atoms with Crippen molar-refractivity contribution < 1.29 is 4.74 Å². The molecular weight excluding hydrogens is 204 g/mol. The lowest BCUT2D eigenvalue weighted by molar-refractivity contribution is 0.111. The van der Waals surface area contributed by atoms with Crippen LogP contribution in [0.4, 0.5) is 5.82 Å². The molecule has 2 N–H and O–H groups in total. The maximum absolute atomic E-state index is 8.74. The first kappa shape index (κ1) is 10.9. The van der Waals surface area contributed by atoms with Gasteiger partial charge >= 0.3 is 0 Å². The van der Waals surface area contributed by atoms with E-state index in [1.54, 1.807) is 13.2 Å². The van der Waals surface area contributed by atoms with Crippen molar-refractivity contribution in [2.45, 2.75) is 12.1 Å². The number of rotatable bonds is 3. The zero-order valence-corrected chi connectivity index (χ0v) is 9.10. The molecule has 16 heavy (non-hydrogen) atoms. The molecule has 1 fully saturated rings. The van der Waals surface area contributed by atoms with E-state index in [9.17, 15) is 0 Å². The second-order valence-electron chi connectivity index (χ2n) is 3.70. The van der Waals surface area contributed by atoms with Crippen LogP contribution in [0.5, 0.6) is 0 Å². The summed E-state index contributed by atoms with van der Waals surface area (Å²) < 4.78 is 5.33. The highest BCUT2D eigenvalue weighted by molar-refractivity contribution is 5.40. The Bertz CT molecular complexity index is 401. The monoisotopic (exact) mass is 218 g/mol. The van der Waals surface area contributed by atoms with E-state index in [1.165, 1.54) is 0 Å². The Morgan fingerprint density at radius 2 is 2.44 bits per heavy atom. The van der Waals surface area contributed by atoms with E-state index in [0.29, 0.717) is 5.69 Å². The van der Waals surface area contributed by atoms with Crippen LogP contribution in [0.1, 0.15) is 5.69 Å². The van der Waals surface area contributed by atoms with Crippen LogP contribution in [0, 0.1) is 11.3 Å². The molecule has 5 heteroatoms. The van der Waals surface area contributed by atoms with Crippen LogP contribution in [0.2, 0.25) is 0 Å². The minimum atomic E-state index is 0.146. The first-order valence-electron chi connectivity index (χ1n) is 5.20. The van der Waals surface area contributed by atoms with Crippen molar-refractivity contribution in [3.05, 3.63) is 23.9 Å². The van der Waals surface area contributed by atoms with E-state index >= 15 is 0 Å². The molecule has 1 aliphatic rings. The quantitative estimate of drug-likeness (QED) is 0.766. The molecule has 0 amide bonds. The lowest BCUT2D eigenvalue weighted by Gasteiger charge is -2.18. The normalized spacial score (nSPS) is 24.0. The van der Waals surface area contributed by atoms with Crippen LogP contribution in [0.3, 0.4) is 0 Å². The largest absolute Gasteiger partial charge is 0.378 e. The molecule has 0 aliphatic carbocycles. The zero-order chi connectivity index (χ0) is 11.4. The zero-order valence-electron chi connectivity index (χ0n) is 9.10. The summed E-state index contributed by atoms with van der Waals surface area (Å²) in [6.07, 6.45) is 0.146. The van der Waals surface area contributed by atoms with Crippen LogP contribution in [0.25, 0.3) is 0 Å². The van der Waals surface area contributed by atoms with Crippen molar-refractivity contribution in [1.29, 1.82) is 5.26 Å². The molecule has 0 spiro atoms. The summed E-state index contributed by atoms with van der Waals surface area (Å²) in [7, 11) is 1.70. The summed E-state index contributed by atoms with van der Waals surface area (Å²) in [5.41, 5.74) is 0.421. The Kier molecular flexibility index (Phi) is 3.34. The van der Waals surface area contributed by atoms with Gasteiger partial charge in [-0.3, -0.25) is 0 Å². The number of nitrogens with one attached hydrogen (secondary N) is 2. The Morgan fingerprint density at radius 1 is 1.56 bits per heavy atom. The lowest BCUT2D eigenvalue weighted by Crippen LogP contribution is -2.33. The summed E-state index contributed by atoms with van der Waals surface area (Å²) in [6.45, 7) is 1.68. The van der Waals surface area contributed by atoms with E-state index in [1.807, 2.05) is 18.2 Å². The predicted octanol–water partition coefficient (Wildman–Crippen LogP) is 0.352. The third-order valence-corrected chi connectivity index (χ3v) is 2.66. The van der Waals surface area contributed by atoms with Crippen molar-refractivity contribution in [2.75, 3.05) is 25.5 Å². The molecule has 0 saturated carbocycles. The molecule has 2 atom stereocenters. The smallest absolute Gasteiger partial charge is 0.142 e. The number of ether oxygens (including phenoxy) is 1. The van der Waals surface area contributed by atoms with Crippen molar-refractivity contribution in [3.63, 3.8) is 0 Å². The Morgan fingerprint density at radius 3 is 3.19 bits per heavy atom. The standard InChI is InChI=1S/C11H14N4O/c1-16-10-7-13-6-9(10)15-11-4-2-3-8(5-12)14-11/h2-4,9-10,13H,6-7H2,1H3,(H,14,15)/t9?,10-/m0/s1. The minimum absolute atomic E-state index is 0.146. The number of methoxy groups -OCH3 is 1. The maximum atomic E-state index is 8.74. The maximum Gasteiger partial charge on any atom is 0.142 e. The summed E-state index contributed by atoms with van der Waals surface area (Å²) in [5, 5.41) is 15.3. The molecule has 0 aromatic carbocycles. The number of nitriles is 1. The van der Waals surface area contributed by atoms with Crippen LogP contribution < -0.4 is 10.6 Å². The highest BCUT2D eigenvalue weighted by Crippen LogP contribution is 2.11. The molecule has 0 radical (unpaired) electrons. The molecule has 5 nitrogen and oxygen atoms in total. The van der Waals surface area contributed by atoms with E-state index in [-0.39, 0.29) is 12.1 Å². The third-order valence-electron chi connectivity index (χ3n) is 2.66. The fraction of sp³-hybridized carbons (Fsp3) is 0.455. The molecule has 84 valence electrons. The van der Waals surface area contributed by atoms with Gasteiger partial charge in [0.05, 0.1) is 12.1 Å². The summed E-state index contributed by atoms with van der Waals surface area (Å²) >= 11 is 0. The number of hydrogen-bond acceptors (Lipinski definition) is 5. The molecule has 1 aromatic rings. The van der Waals surface area contributed by atoms with Crippen LogP contribution in [-0.4, -0.2) is 37.3 Å². The average Bonchev–Trinajstić information content (AvgIpc) is 2.76. The number of anilines is 1. The van der Waals surface area contributed by atoms with E-state index in [2.05, 4.69) is 15.6 Å². The Hall–Kier alpha value is -1.64. The average molecular weight is 218 g/mol. The van der Waals surface area contributed by atoms with Gasteiger partial charge in [0.1, 0.15) is 17.6 Å². The number of pyridine rings is 1. The summed E-state index contributed by atoms with van der Waals surface area (Å²) in [6, 6.07) is 7.58. The topological polar surface area (TPSA) is 70.0 Å². The van der Waals surface area contributed by atoms with Crippen molar-refractivity contribution in [1.82, 2.24) is 10.3 Å². The van der Waals surface area contributed by atoms with Gasteiger partial charge < -0.3 is 15.4 Å². The van der Waals surface area contributed by atoms with Gasteiger partial charge in [0.15, 0.2) is 0 Å². The number of aromatic nitrogens is 1. The van der Waals surface area contributed by atoms with E-state index in [4.69, 9.17) is 10.00 Å². The highest BCUT2D eigenvalue weighted by atomic mass is 16.5. The first-order chi connectivity index (χ1) is 7.83. The van der Waals surface area contributed by atoms with Gasteiger partial charge in [0.2, 0.25) is 0 Å². The van der Waals surface area contributed by atoms with Crippen molar-refractivity contribution >= 4 is 5.82 Å². The highest BCUT2D eigenvalue weighted by Gasteiger charge is 2.26. The molecule has 1 saturated heterocycles. The molecule has 1 unspecified atom stereocenters. The van der Waals surface area contributed by atoms with Crippen molar-refractivity contribution in [3.8, 4) is 6.07 Å². The van der Waals surface area contributed by atoms with Gasteiger partial charge in [-0.05, 0) is 12.1 Å². The van der Waals surface area contributed by atoms with Gasteiger partial charge in [-0.2, -0.15) is 5.26 Å². The number of nitrogens with zero attached hydrogens (tertiary/aromatic N) is 2. The molecular formula is C11H14N4O. The summed E-state index contributed by atoms with van der Waals surface area (Å²) in [4.78, 5) is 4.17. The predicted molar refractivity (Wildman–Crippen MR) is 60.0 cm³/mol. The second kappa shape index (κ2) is 4.92. The fourth-order valence-corrected chi connectivity index (χ4v) is 1.81. The minimum Gasteiger partial charge on any atom is -0.378 e. The SMILES string of the molecule is CO[C@H]1CNCC1Nc1cccc(C#N)n1. The Labute approximate surface area is 94.4 Å². The summed E-state index contributed by atoms with van der Waals surface area (Å²) in [5.74, 6) is 0.717. The Balaban J connectivity index is 2.06. The lowest BCUT2D eigenvalue weighted by atomic mass is 10.2. The third kappa shape index (κ3) is 2.30. The molecule has 2 rings (SSSR count). The first-order valence-corrected chi connectivity index (χ1v) is 5.20. The molecule has 1 aromatic heterocycles. The van der Waals surface area contributed by atoms with Gasteiger partial charge in [0, 0.05) is 20.2 Å². The molecule has 2 heterocycles. The van der Waals surface area contributed by atoms with Crippen LogP contribution in [0.15, 0.2) is 18.2 Å². The second-order valence-corrected chi connectivity index (χ2v) is 3.70. The van der Waals surface area contributed by atoms with Crippen molar-refractivity contribution in [2.24, 2.45) is 0 Å². The van der Waals surface area contributed by atoms with Gasteiger partial charge in [-0.1, -0.05) is 6.07 Å².